The van der Waals surface area contributed by atoms with E-state index in [2.05, 4.69) is 25.7 Å². The molecule has 10 heteroatoms. The molecule has 0 spiro atoms. The van der Waals surface area contributed by atoms with E-state index in [0.29, 0.717) is 18.4 Å². The van der Waals surface area contributed by atoms with Crippen molar-refractivity contribution in [2.75, 3.05) is 17.2 Å². The highest BCUT2D eigenvalue weighted by atomic mass is 16.5. The number of nitrogens with zero attached hydrogens (tertiary/aromatic N) is 3. The van der Waals surface area contributed by atoms with E-state index in [4.69, 9.17) is 15.9 Å². The van der Waals surface area contributed by atoms with Crippen molar-refractivity contribution in [3.63, 3.8) is 0 Å². The SMILES string of the molecule is CCOC1CCCCC1Nc1ncc(C(N)=O)c(Nc2cccc([NH2+]N=CC=N)c2)n1. The molecule has 1 aliphatic rings. The molecule has 1 aliphatic carbocycles. The number of amides is 1. The lowest BCUT2D eigenvalue weighted by molar-refractivity contribution is -0.576. The van der Waals surface area contributed by atoms with E-state index >= 15 is 0 Å². The number of aromatic nitrogens is 2. The minimum absolute atomic E-state index is 0.114. The first-order valence-corrected chi connectivity index (χ1v) is 10.4. The van der Waals surface area contributed by atoms with E-state index < -0.39 is 5.91 Å². The monoisotopic (exact) mass is 425 g/mol. The lowest BCUT2D eigenvalue weighted by Gasteiger charge is -2.31. The second kappa shape index (κ2) is 11.1. The number of anilines is 3. The van der Waals surface area contributed by atoms with E-state index in [1.165, 1.54) is 12.4 Å². The Hall–Kier alpha value is -3.37. The predicted molar refractivity (Wildman–Crippen MR) is 120 cm³/mol. The van der Waals surface area contributed by atoms with Gasteiger partial charge in [-0.25, -0.2) is 4.98 Å². The summed E-state index contributed by atoms with van der Waals surface area (Å²) in [5.74, 6) is 0.133. The Morgan fingerprint density at radius 2 is 2.26 bits per heavy atom. The summed E-state index contributed by atoms with van der Waals surface area (Å²) in [5.41, 5.74) is 8.91. The van der Waals surface area contributed by atoms with Crippen LogP contribution in [0.4, 0.5) is 23.1 Å². The summed E-state index contributed by atoms with van der Waals surface area (Å²) in [7, 11) is 0. The Morgan fingerprint density at radius 3 is 3.03 bits per heavy atom. The van der Waals surface area contributed by atoms with Gasteiger partial charge >= 0.3 is 0 Å². The van der Waals surface area contributed by atoms with Crippen LogP contribution in [0, 0.1) is 5.41 Å². The Morgan fingerprint density at radius 1 is 1.42 bits per heavy atom. The fraction of sp³-hybridized carbons (Fsp3) is 0.381. The zero-order valence-corrected chi connectivity index (χ0v) is 17.5. The normalized spacial score (nSPS) is 18.6. The van der Waals surface area contributed by atoms with Crippen molar-refractivity contribution in [1.29, 1.82) is 5.41 Å². The smallest absolute Gasteiger partial charge is 0.254 e. The quantitative estimate of drug-likeness (QED) is 0.169. The Kier molecular flexibility index (Phi) is 8.02. The van der Waals surface area contributed by atoms with Crippen LogP contribution in [0.3, 0.4) is 0 Å². The van der Waals surface area contributed by atoms with Crippen LogP contribution in [0.25, 0.3) is 0 Å². The van der Waals surface area contributed by atoms with Crippen LogP contribution >= 0.6 is 0 Å². The van der Waals surface area contributed by atoms with Crippen molar-refractivity contribution < 1.29 is 15.0 Å². The molecule has 1 heterocycles. The second-order valence-electron chi connectivity index (χ2n) is 7.19. The average molecular weight is 426 g/mol. The highest BCUT2D eigenvalue weighted by Gasteiger charge is 2.26. The highest BCUT2D eigenvalue weighted by Crippen LogP contribution is 2.25. The summed E-state index contributed by atoms with van der Waals surface area (Å²) in [6, 6.07) is 7.56. The molecule has 1 aromatic heterocycles. The number of rotatable bonds is 10. The van der Waals surface area contributed by atoms with Gasteiger partial charge in [0.1, 0.15) is 17.6 Å². The van der Waals surface area contributed by atoms with Crippen molar-refractivity contribution >= 4 is 41.5 Å². The molecule has 3 rings (SSSR count). The lowest BCUT2D eigenvalue weighted by atomic mass is 9.92. The summed E-state index contributed by atoms with van der Waals surface area (Å²) in [6.45, 7) is 2.65. The summed E-state index contributed by atoms with van der Waals surface area (Å²) < 4.78 is 5.87. The number of benzene rings is 1. The van der Waals surface area contributed by atoms with E-state index in [0.717, 1.165) is 43.3 Å². The molecule has 0 radical (unpaired) electrons. The molecular formula is C21H29N8O2+. The Balaban J connectivity index is 1.80. The standard InChI is InChI=1S/C21H28N8O2/c1-2-31-18-9-4-3-8-17(18)27-21-24-13-16(19(23)30)20(28-21)26-14-6-5-7-15(12-14)29-25-11-10-22/h5-7,10-13,17-18,22,29H,2-4,8-9H2,1H3,(H2,23,30)(H2,24,26,27,28)/p+1. The van der Waals surface area contributed by atoms with Gasteiger partial charge in [0.15, 0.2) is 5.69 Å². The number of hydrogen-bond donors (Lipinski definition) is 5. The van der Waals surface area contributed by atoms with Gasteiger partial charge in [0.2, 0.25) is 5.95 Å². The number of nitrogens with one attached hydrogen (secondary N) is 3. The first-order chi connectivity index (χ1) is 15.1. The minimum atomic E-state index is -0.614. The van der Waals surface area contributed by atoms with Crippen molar-refractivity contribution in [3.8, 4) is 0 Å². The van der Waals surface area contributed by atoms with Gasteiger partial charge in [-0.15, -0.1) is 0 Å². The van der Waals surface area contributed by atoms with Crippen LogP contribution in [-0.4, -0.2) is 47.1 Å². The van der Waals surface area contributed by atoms with E-state index in [1.54, 1.807) is 5.43 Å². The topological polar surface area (TPSA) is 155 Å². The molecule has 31 heavy (non-hydrogen) atoms. The number of hydrogen-bond acceptors (Lipinski definition) is 8. The maximum atomic E-state index is 11.9. The molecule has 2 atom stereocenters. The third-order valence-electron chi connectivity index (χ3n) is 4.99. The first-order valence-electron chi connectivity index (χ1n) is 10.4. The van der Waals surface area contributed by atoms with Gasteiger partial charge in [-0.2, -0.15) is 10.4 Å². The number of carbonyl (C=O) groups is 1. The summed E-state index contributed by atoms with van der Waals surface area (Å²) in [5, 5.41) is 17.5. The second-order valence-corrected chi connectivity index (χ2v) is 7.19. The number of quaternary nitrogens is 1. The number of ether oxygens (including phenoxy) is 1. The molecule has 10 nitrogen and oxygen atoms in total. The first kappa shape index (κ1) is 22.3. The van der Waals surface area contributed by atoms with Crippen molar-refractivity contribution in [3.05, 3.63) is 36.0 Å². The van der Waals surface area contributed by atoms with E-state index in [1.807, 2.05) is 31.2 Å². The Labute approximate surface area is 181 Å². The minimum Gasteiger partial charge on any atom is -0.376 e. The Bertz CT molecular complexity index is 931. The zero-order chi connectivity index (χ0) is 22.1. The summed E-state index contributed by atoms with van der Waals surface area (Å²) >= 11 is 0. The third kappa shape index (κ3) is 6.30. The van der Waals surface area contributed by atoms with Gasteiger partial charge < -0.3 is 26.5 Å². The molecule has 1 saturated carbocycles. The van der Waals surface area contributed by atoms with Crippen LogP contribution < -0.4 is 21.8 Å². The van der Waals surface area contributed by atoms with Crippen molar-refractivity contribution in [1.82, 2.24) is 9.97 Å². The summed E-state index contributed by atoms with van der Waals surface area (Å²) in [4.78, 5) is 20.7. The van der Waals surface area contributed by atoms with Crippen LogP contribution in [0.2, 0.25) is 0 Å². The predicted octanol–water partition coefficient (Wildman–Crippen LogP) is 1.91. The summed E-state index contributed by atoms with van der Waals surface area (Å²) in [6.07, 6.45) is 8.28. The van der Waals surface area contributed by atoms with E-state index in [-0.39, 0.29) is 17.7 Å². The van der Waals surface area contributed by atoms with Crippen LogP contribution in [0.5, 0.6) is 0 Å². The van der Waals surface area contributed by atoms with Gasteiger partial charge in [-0.05, 0) is 25.8 Å². The molecule has 164 valence electrons. The molecule has 0 aliphatic heterocycles. The van der Waals surface area contributed by atoms with Crippen molar-refractivity contribution in [2.45, 2.75) is 44.8 Å². The van der Waals surface area contributed by atoms with Crippen LogP contribution in [0.1, 0.15) is 43.0 Å². The number of carbonyl (C=O) groups excluding carboxylic acids is 1. The molecule has 1 aromatic carbocycles. The van der Waals surface area contributed by atoms with Crippen molar-refractivity contribution in [2.24, 2.45) is 10.8 Å². The fourth-order valence-electron chi connectivity index (χ4n) is 3.57. The fourth-order valence-corrected chi connectivity index (χ4v) is 3.57. The van der Waals surface area contributed by atoms with Gasteiger partial charge in [0.25, 0.3) is 5.91 Å². The van der Waals surface area contributed by atoms with Gasteiger partial charge in [-0.3, -0.25) is 4.79 Å². The maximum absolute atomic E-state index is 11.9. The highest BCUT2D eigenvalue weighted by molar-refractivity contribution is 6.14. The van der Waals surface area contributed by atoms with Gasteiger partial charge in [0.05, 0.1) is 12.1 Å². The van der Waals surface area contributed by atoms with Gasteiger partial charge in [-0.1, -0.05) is 24.0 Å². The third-order valence-corrected chi connectivity index (χ3v) is 4.99. The van der Waals surface area contributed by atoms with E-state index in [9.17, 15) is 4.79 Å². The molecular weight excluding hydrogens is 396 g/mol. The van der Waals surface area contributed by atoms with Crippen LogP contribution in [0.15, 0.2) is 35.6 Å². The van der Waals surface area contributed by atoms with Crippen LogP contribution in [-0.2, 0) is 4.74 Å². The van der Waals surface area contributed by atoms with Gasteiger partial charge in [0, 0.05) is 36.8 Å². The lowest BCUT2D eigenvalue weighted by Crippen LogP contribution is -2.71. The molecule has 0 saturated heterocycles. The average Bonchev–Trinajstić information content (AvgIpc) is 2.76. The molecule has 7 N–H and O–H groups in total. The number of primary amides is 1. The number of nitrogens with two attached hydrogens (primary N) is 2. The maximum Gasteiger partial charge on any atom is 0.254 e. The zero-order valence-electron chi connectivity index (χ0n) is 17.5. The molecule has 0 bridgehead atoms. The molecule has 2 aromatic rings. The molecule has 1 fully saturated rings. The largest absolute Gasteiger partial charge is 0.376 e. The molecule has 2 unspecified atom stereocenters. The molecule has 1 amide bonds.